The molecule has 0 unspecified atom stereocenters. The van der Waals surface area contributed by atoms with Gasteiger partial charge in [-0.05, 0) is 59.3 Å². The molecule has 1 aliphatic rings. The van der Waals surface area contributed by atoms with E-state index in [0.29, 0.717) is 5.56 Å². The second-order valence-electron chi connectivity index (χ2n) is 7.58. The molecule has 0 aromatic heterocycles. The number of non-ortho nitro benzene ring substituents is 1. The van der Waals surface area contributed by atoms with Crippen LogP contribution in [-0.4, -0.2) is 33.0 Å². The van der Waals surface area contributed by atoms with Crippen molar-refractivity contribution in [3.8, 4) is 17.2 Å². The summed E-state index contributed by atoms with van der Waals surface area (Å²) in [6.45, 7) is 0.131. The number of rotatable bonds is 8. The van der Waals surface area contributed by atoms with E-state index in [2.05, 4.69) is 15.9 Å². The van der Waals surface area contributed by atoms with Gasteiger partial charge in [-0.15, -0.1) is 0 Å². The fourth-order valence-electron chi connectivity index (χ4n) is 3.43. The minimum absolute atomic E-state index is 0.111. The van der Waals surface area contributed by atoms with Crippen LogP contribution in [0.3, 0.4) is 0 Å². The van der Waals surface area contributed by atoms with E-state index in [-0.39, 0.29) is 28.7 Å². The van der Waals surface area contributed by atoms with Crippen LogP contribution in [0.25, 0.3) is 6.08 Å². The highest BCUT2D eigenvalue weighted by Crippen LogP contribution is 2.39. The van der Waals surface area contributed by atoms with E-state index in [1.54, 1.807) is 6.07 Å². The number of benzene rings is 3. The number of nitrogens with zero attached hydrogens (tertiary/aromatic N) is 3. The van der Waals surface area contributed by atoms with Crippen LogP contribution >= 0.6 is 27.7 Å². The van der Waals surface area contributed by atoms with Crippen LogP contribution in [0.2, 0.25) is 0 Å². The molecule has 1 aliphatic heterocycles. The lowest BCUT2D eigenvalue weighted by atomic mass is 10.1. The Hall–Kier alpha value is -4.23. The number of thioether (sulfide) groups is 1. The van der Waals surface area contributed by atoms with Crippen molar-refractivity contribution < 1.29 is 28.9 Å². The molecule has 0 N–H and O–H groups in total. The predicted octanol–water partition coefficient (Wildman–Crippen LogP) is 6.30. The monoisotopic (exact) mass is 585 g/mol. The van der Waals surface area contributed by atoms with E-state index in [9.17, 15) is 29.8 Å². The number of carbonyl (C=O) groups excluding carboxylic acids is 2. The molecule has 2 amide bonds. The zero-order valence-electron chi connectivity index (χ0n) is 19.0. The molecule has 0 atom stereocenters. The number of hydrogen-bond donors (Lipinski definition) is 0. The van der Waals surface area contributed by atoms with Gasteiger partial charge in [0.2, 0.25) is 5.75 Å². The Kier molecular flexibility index (Phi) is 7.55. The summed E-state index contributed by atoms with van der Waals surface area (Å²) in [5, 5.41) is 22.0. The first-order valence-corrected chi connectivity index (χ1v) is 12.1. The molecule has 4 rings (SSSR count). The number of carbonyl (C=O) groups is 2. The van der Waals surface area contributed by atoms with Gasteiger partial charge in [0.1, 0.15) is 0 Å². The van der Waals surface area contributed by atoms with Gasteiger partial charge in [-0.1, -0.05) is 34.1 Å². The van der Waals surface area contributed by atoms with E-state index < -0.39 is 32.4 Å². The van der Waals surface area contributed by atoms with Crippen molar-refractivity contribution in [1.82, 2.24) is 4.90 Å². The largest absolute Gasteiger partial charge is 0.493 e. The van der Waals surface area contributed by atoms with Gasteiger partial charge in [-0.3, -0.25) is 34.7 Å². The Bertz CT molecular complexity index is 1480. The Labute approximate surface area is 222 Å². The van der Waals surface area contributed by atoms with Crippen LogP contribution in [0.15, 0.2) is 70.0 Å². The molecular formula is C24H16BrN3O8S. The summed E-state index contributed by atoms with van der Waals surface area (Å²) in [4.78, 5) is 47.6. The number of nitro benzene ring substituents is 2. The van der Waals surface area contributed by atoms with Gasteiger partial charge in [0.25, 0.3) is 16.8 Å². The lowest BCUT2D eigenvalue weighted by Gasteiger charge is -2.12. The average molecular weight is 586 g/mol. The second kappa shape index (κ2) is 10.8. The molecule has 1 saturated heterocycles. The van der Waals surface area contributed by atoms with Crippen LogP contribution < -0.4 is 9.47 Å². The fourth-order valence-corrected chi connectivity index (χ4v) is 4.72. The summed E-state index contributed by atoms with van der Waals surface area (Å²) in [6, 6.07) is 14.9. The molecule has 1 heterocycles. The minimum Gasteiger partial charge on any atom is -0.493 e. The smallest absolute Gasteiger partial charge is 0.318 e. The molecule has 11 nitrogen and oxygen atoms in total. The molecule has 37 heavy (non-hydrogen) atoms. The van der Waals surface area contributed by atoms with Crippen molar-refractivity contribution in [1.29, 1.82) is 0 Å². The third-order valence-corrected chi connectivity index (χ3v) is 6.56. The summed E-state index contributed by atoms with van der Waals surface area (Å²) in [6.07, 6.45) is 1.53. The van der Waals surface area contributed by atoms with Crippen molar-refractivity contribution in [2.24, 2.45) is 0 Å². The van der Waals surface area contributed by atoms with Crippen molar-refractivity contribution >= 4 is 56.3 Å². The van der Waals surface area contributed by atoms with E-state index in [0.717, 1.165) is 44.9 Å². The highest BCUT2D eigenvalue weighted by Gasteiger charge is 2.35. The van der Waals surface area contributed by atoms with Crippen molar-refractivity contribution in [2.75, 3.05) is 7.11 Å². The molecule has 3 aromatic rings. The molecule has 0 bridgehead atoms. The molecule has 0 spiro atoms. The van der Waals surface area contributed by atoms with Gasteiger partial charge in [0.15, 0.2) is 11.5 Å². The standard InChI is InChI=1S/C24H16BrN3O8S/c1-35-21-10-14(5-7-20(21)36-19-8-6-17(27(31)32)12-18(19)28(33)34)11-22-23(29)26(24(30)37-22)13-15-3-2-4-16(25)9-15/h2-12H,13H2,1H3/b22-11+. The lowest BCUT2D eigenvalue weighted by molar-refractivity contribution is -0.394. The Morgan fingerprint density at radius 3 is 2.41 bits per heavy atom. The Morgan fingerprint density at radius 1 is 0.973 bits per heavy atom. The number of methoxy groups -OCH3 is 1. The average Bonchev–Trinajstić information content (AvgIpc) is 3.12. The fraction of sp³-hybridized carbons (Fsp3) is 0.0833. The number of hydrogen-bond acceptors (Lipinski definition) is 9. The molecule has 0 aliphatic carbocycles. The third kappa shape index (κ3) is 5.78. The van der Waals surface area contributed by atoms with E-state index in [1.807, 2.05) is 24.3 Å². The Balaban J connectivity index is 1.57. The quantitative estimate of drug-likeness (QED) is 0.169. The third-order valence-electron chi connectivity index (χ3n) is 5.16. The van der Waals surface area contributed by atoms with Crippen LogP contribution in [0.1, 0.15) is 11.1 Å². The normalized spacial score (nSPS) is 14.2. The summed E-state index contributed by atoms with van der Waals surface area (Å²) in [7, 11) is 1.36. The maximum absolute atomic E-state index is 12.9. The van der Waals surface area contributed by atoms with Crippen LogP contribution in [0.5, 0.6) is 17.2 Å². The predicted molar refractivity (Wildman–Crippen MR) is 138 cm³/mol. The van der Waals surface area contributed by atoms with Crippen LogP contribution in [-0.2, 0) is 11.3 Å². The van der Waals surface area contributed by atoms with Crippen molar-refractivity contribution in [2.45, 2.75) is 6.54 Å². The van der Waals surface area contributed by atoms with Crippen molar-refractivity contribution in [3.05, 3.63) is 101 Å². The number of imide groups is 1. The minimum atomic E-state index is -0.784. The zero-order chi connectivity index (χ0) is 26.7. The molecular weight excluding hydrogens is 570 g/mol. The first-order valence-electron chi connectivity index (χ1n) is 10.4. The van der Waals surface area contributed by atoms with Gasteiger partial charge < -0.3 is 9.47 Å². The number of nitro groups is 2. The molecule has 13 heteroatoms. The lowest BCUT2D eigenvalue weighted by Crippen LogP contribution is -2.27. The van der Waals surface area contributed by atoms with Gasteiger partial charge in [-0.2, -0.15) is 0 Å². The zero-order valence-corrected chi connectivity index (χ0v) is 21.4. The molecule has 3 aromatic carbocycles. The second-order valence-corrected chi connectivity index (χ2v) is 9.49. The highest BCUT2D eigenvalue weighted by atomic mass is 79.9. The number of halogens is 1. The molecule has 1 fully saturated rings. The number of ether oxygens (including phenoxy) is 2. The van der Waals surface area contributed by atoms with Crippen molar-refractivity contribution in [3.63, 3.8) is 0 Å². The summed E-state index contributed by atoms with van der Waals surface area (Å²) < 4.78 is 11.8. The van der Waals surface area contributed by atoms with Crippen LogP contribution in [0.4, 0.5) is 16.2 Å². The summed E-state index contributed by atoms with van der Waals surface area (Å²) in [5.74, 6) is -0.347. The van der Waals surface area contributed by atoms with E-state index in [4.69, 9.17) is 9.47 Å². The van der Waals surface area contributed by atoms with Gasteiger partial charge in [0.05, 0.1) is 34.5 Å². The summed E-state index contributed by atoms with van der Waals surface area (Å²) >= 11 is 4.18. The highest BCUT2D eigenvalue weighted by molar-refractivity contribution is 9.10. The van der Waals surface area contributed by atoms with E-state index in [1.165, 1.54) is 25.3 Å². The molecule has 188 valence electrons. The van der Waals surface area contributed by atoms with Gasteiger partial charge in [0, 0.05) is 10.5 Å². The maximum Gasteiger partial charge on any atom is 0.318 e. The van der Waals surface area contributed by atoms with E-state index >= 15 is 0 Å². The first kappa shape index (κ1) is 25.9. The Morgan fingerprint density at radius 2 is 1.73 bits per heavy atom. The molecule has 0 saturated carbocycles. The molecule has 0 radical (unpaired) electrons. The van der Waals surface area contributed by atoms with Gasteiger partial charge >= 0.3 is 5.69 Å². The summed E-state index contributed by atoms with van der Waals surface area (Å²) in [5.41, 5.74) is 0.284. The maximum atomic E-state index is 12.9. The van der Waals surface area contributed by atoms with Crippen LogP contribution in [0, 0.1) is 20.2 Å². The van der Waals surface area contributed by atoms with Gasteiger partial charge in [-0.25, -0.2) is 0 Å². The first-order chi connectivity index (χ1) is 17.7. The topological polar surface area (TPSA) is 142 Å². The number of amides is 2. The SMILES string of the molecule is COc1cc(/C=C2/SC(=O)N(Cc3cccc(Br)c3)C2=O)ccc1Oc1ccc([N+](=O)[O-])cc1[N+](=O)[O-].